The van der Waals surface area contributed by atoms with Crippen LogP contribution in [0.25, 0.3) is 0 Å². The molecule has 2 aliphatic carbocycles. The molecule has 1 saturated carbocycles. The quantitative estimate of drug-likeness (QED) is 0.262. The molecule has 1 aliphatic heterocycles. The van der Waals surface area contributed by atoms with Gasteiger partial charge in [0.05, 0.1) is 11.8 Å². The zero-order valence-corrected chi connectivity index (χ0v) is 20.8. The number of hydrogen-bond acceptors (Lipinski definition) is 5. The van der Waals surface area contributed by atoms with Gasteiger partial charge in [0.15, 0.2) is 0 Å². The van der Waals surface area contributed by atoms with Crippen molar-refractivity contribution in [2.75, 3.05) is 18.5 Å². The molecule has 35 heavy (non-hydrogen) atoms. The molecule has 1 unspecified atom stereocenters. The topological polar surface area (TPSA) is 112 Å². The molecule has 1 atom stereocenters. The fourth-order valence-corrected chi connectivity index (χ4v) is 6.17. The van der Waals surface area contributed by atoms with Gasteiger partial charge in [0.1, 0.15) is 6.04 Å². The van der Waals surface area contributed by atoms with Crippen LogP contribution in [0.1, 0.15) is 82.3 Å². The molecule has 1 heterocycles. The molecule has 3 aliphatic rings. The van der Waals surface area contributed by atoms with Gasteiger partial charge >= 0.3 is 0 Å². The van der Waals surface area contributed by atoms with Crippen molar-refractivity contribution in [1.29, 1.82) is 5.41 Å². The minimum absolute atomic E-state index is 0.0187. The van der Waals surface area contributed by atoms with E-state index in [-0.39, 0.29) is 28.5 Å². The van der Waals surface area contributed by atoms with Crippen LogP contribution < -0.4 is 10.6 Å². The Balaban J connectivity index is 1.52. The average molecular weight is 482 g/mol. The van der Waals surface area contributed by atoms with Gasteiger partial charge in [0.25, 0.3) is 5.91 Å². The van der Waals surface area contributed by atoms with Gasteiger partial charge in [-0.15, -0.1) is 0 Å². The largest absolute Gasteiger partial charge is 0.515 e. The molecule has 190 valence electrons. The molecule has 0 radical (unpaired) electrons. The third-order valence-electron chi connectivity index (χ3n) is 8.23. The van der Waals surface area contributed by atoms with Crippen molar-refractivity contribution in [2.45, 2.75) is 89.0 Å². The van der Waals surface area contributed by atoms with Gasteiger partial charge in [0.2, 0.25) is 5.91 Å². The first-order valence-corrected chi connectivity index (χ1v) is 13.2. The highest BCUT2D eigenvalue weighted by Crippen LogP contribution is 2.46. The number of carbonyl (C=O) groups is 2. The summed E-state index contributed by atoms with van der Waals surface area (Å²) in [5.41, 5.74) is 3.49. The highest BCUT2D eigenvalue weighted by molar-refractivity contribution is 6.20. The number of anilines is 1. The van der Waals surface area contributed by atoms with Crippen LogP contribution in [0.2, 0.25) is 0 Å². The number of rotatable bonds is 6. The first-order chi connectivity index (χ1) is 16.9. The van der Waals surface area contributed by atoms with Gasteiger partial charge < -0.3 is 25.9 Å². The maximum atomic E-state index is 13.5. The minimum atomic E-state index is -0.718. The number of amides is 2. The summed E-state index contributed by atoms with van der Waals surface area (Å²) in [6.07, 6.45) is 12.2. The smallest absolute Gasteiger partial charge is 0.256 e. The second kappa shape index (κ2) is 11.4. The molecule has 4 N–H and O–H groups in total. The van der Waals surface area contributed by atoms with E-state index < -0.39 is 11.9 Å². The minimum Gasteiger partial charge on any atom is -0.515 e. The van der Waals surface area contributed by atoms with Gasteiger partial charge in [-0.3, -0.25) is 9.59 Å². The number of carbonyl (C=O) groups excluding carboxylic acids is 2. The lowest BCUT2D eigenvalue weighted by atomic mass is 9.75. The van der Waals surface area contributed by atoms with Gasteiger partial charge in [-0.1, -0.05) is 38.2 Å². The van der Waals surface area contributed by atoms with Crippen LogP contribution in [0, 0.1) is 11.3 Å². The van der Waals surface area contributed by atoms with Crippen molar-refractivity contribution in [3.05, 3.63) is 41.2 Å². The lowest BCUT2D eigenvalue weighted by Gasteiger charge is -2.34. The molecule has 7 nitrogen and oxygen atoms in total. The predicted octanol–water partition coefficient (Wildman–Crippen LogP) is 4.95. The van der Waals surface area contributed by atoms with Crippen molar-refractivity contribution in [2.24, 2.45) is 5.92 Å². The highest BCUT2D eigenvalue weighted by Gasteiger charge is 2.40. The van der Waals surface area contributed by atoms with E-state index in [0.29, 0.717) is 6.26 Å². The Morgan fingerprint density at radius 2 is 1.80 bits per heavy atom. The van der Waals surface area contributed by atoms with E-state index in [4.69, 9.17) is 10.1 Å². The number of nitrogens with one attached hydrogen (secondary N) is 3. The van der Waals surface area contributed by atoms with Crippen LogP contribution >= 0.6 is 0 Å². The second-order valence-electron chi connectivity index (χ2n) is 10.5. The van der Waals surface area contributed by atoms with Gasteiger partial charge in [0, 0.05) is 30.0 Å². The van der Waals surface area contributed by atoms with Gasteiger partial charge in [-0.25, -0.2) is 0 Å². The Hall–Kier alpha value is -2.67. The number of aliphatic hydroxyl groups is 1. The average Bonchev–Trinajstić information content (AvgIpc) is 3.15. The first kappa shape index (κ1) is 25.4. The van der Waals surface area contributed by atoms with Crippen LogP contribution in [-0.2, 0) is 26.2 Å². The van der Waals surface area contributed by atoms with E-state index in [2.05, 4.69) is 22.8 Å². The lowest BCUT2D eigenvalue weighted by Crippen LogP contribution is -2.49. The van der Waals surface area contributed by atoms with E-state index in [0.717, 1.165) is 83.1 Å². The Morgan fingerprint density at radius 1 is 1.11 bits per heavy atom. The molecule has 1 spiro atoms. The van der Waals surface area contributed by atoms with Crippen molar-refractivity contribution in [1.82, 2.24) is 5.32 Å². The van der Waals surface area contributed by atoms with Crippen LogP contribution in [0.3, 0.4) is 0 Å². The van der Waals surface area contributed by atoms with Crippen molar-refractivity contribution in [3.63, 3.8) is 0 Å². The molecule has 1 saturated heterocycles. The number of ether oxygens (including phenoxy) is 1. The normalized spacial score (nSPS) is 21.5. The van der Waals surface area contributed by atoms with E-state index >= 15 is 0 Å². The molecule has 2 fully saturated rings. The molecule has 0 bridgehead atoms. The molecular weight excluding hydrogens is 442 g/mol. The van der Waals surface area contributed by atoms with Crippen molar-refractivity contribution >= 4 is 23.2 Å². The summed E-state index contributed by atoms with van der Waals surface area (Å²) in [6.45, 7) is 3.06. The zero-order chi connectivity index (χ0) is 24.8. The number of fused-ring (bicyclic) bond motifs is 2. The summed E-state index contributed by atoms with van der Waals surface area (Å²) in [5, 5.41) is 23.2. The SMILES string of the molecule is CC(=N)/C(=C\O)C(=O)NC(C(=O)Nc1ccc2c(c1)CCC21CCOCC1)C1CCCCCCC1. The number of aryl methyl sites for hydroxylation is 1. The summed E-state index contributed by atoms with van der Waals surface area (Å²) in [6, 6.07) is 5.52. The molecular formula is C28H39N3O4. The monoisotopic (exact) mass is 481 g/mol. The Labute approximate surface area is 208 Å². The molecule has 4 rings (SSSR count). The Bertz CT molecular complexity index is 972. The maximum absolute atomic E-state index is 13.5. The summed E-state index contributed by atoms with van der Waals surface area (Å²) in [4.78, 5) is 26.4. The molecule has 2 amide bonds. The van der Waals surface area contributed by atoms with Gasteiger partial charge in [-0.2, -0.15) is 0 Å². The maximum Gasteiger partial charge on any atom is 0.256 e. The van der Waals surface area contributed by atoms with E-state index in [9.17, 15) is 14.7 Å². The van der Waals surface area contributed by atoms with E-state index in [1.54, 1.807) is 0 Å². The summed E-state index contributed by atoms with van der Waals surface area (Å²) >= 11 is 0. The highest BCUT2D eigenvalue weighted by atomic mass is 16.5. The van der Waals surface area contributed by atoms with Crippen LogP contribution in [-0.4, -0.2) is 41.9 Å². The summed E-state index contributed by atoms with van der Waals surface area (Å²) < 4.78 is 5.60. The number of benzene rings is 1. The van der Waals surface area contributed by atoms with E-state index in [1.165, 1.54) is 24.5 Å². The van der Waals surface area contributed by atoms with Crippen LogP contribution in [0.4, 0.5) is 5.69 Å². The molecule has 0 aromatic heterocycles. The summed E-state index contributed by atoms with van der Waals surface area (Å²) in [7, 11) is 0. The van der Waals surface area contributed by atoms with Gasteiger partial charge in [-0.05, 0) is 74.6 Å². The molecule has 1 aromatic carbocycles. The summed E-state index contributed by atoms with van der Waals surface area (Å²) in [5.74, 6) is -0.801. The fourth-order valence-electron chi connectivity index (χ4n) is 6.17. The predicted molar refractivity (Wildman–Crippen MR) is 137 cm³/mol. The van der Waals surface area contributed by atoms with Crippen LogP contribution in [0.5, 0.6) is 0 Å². The standard InChI is InChI=1S/C28H39N3O4/c1-19(29)23(18-32)26(33)31-25(20-7-5-3-2-4-6-8-20)27(34)30-22-9-10-24-21(17-22)11-12-28(24)13-15-35-16-14-28/h9-10,17-18,20,25,29,32H,2-8,11-16H2,1H3,(H,30,34)(H,31,33)/b23-18+,29-19?. The first-order valence-electron chi connectivity index (χ1n) is 13.2. The fraction of sp³-hybridized carbons (Fsp3) is 0.607. The molecule has 7 heteroatoms. The van der Waals surface area contributed by atoms with Crippen molar-refractivity contribution in [3.8, 4) is 0 Å². The molecule has 1 aromatic rings. The van der Waals surface area contributed by atoms with E-state index in [1.807, 2.05) is 6.07 Å². The second-order valence-corrected chi connectivity index (χ2v) is 10.5. The van der Waals surface area contributed by atoms with Crippen molar-refractivity contribution < 1.29 is 19.4 Å². The lowest BCUT2D eigenvalue weighted by molar-refractivity contribution is -0.125. The number of hydrogen-bond donors (Lipinski definition) is 4. The Kier molecular flexibility index (Phi) is 8.26. The third-order valence-corrected chi connectivity index (χ3v) is 8.23. The van der Waals surface area contributed by atoms with Crippen LogP contribution in [0.15, 0.2) is 30.0 Å². The number of aliphatic hydroxyl groups excluding tert-OH is 1. The zero-order valence-electron chi connectivity index (χ0n) is 20.8. The third kappa shape index (κ3) is 5.77. The Morgan fingerprint density at radius 3 is 2.46 bits per heavy atom.